The molecule has 3 nitrogen and oxygen atoms in total. The van der Waals surface area contributed by atoms with E-state index in [4.69, 9.17) is 4.74 Å². The van der Waals surface area contributed by atoms with Crippen LogP contribution in [-0.2, 0) is 17.6 Å². The molecule has 1 aromatic heterocycles. The molecule has 104 valence electrons. The van der Waals surface area contributed by atoms with E-state index < -0.39 is 0 Å². The number of Topliss-reactive ketones (excluding diaryl/α,β-unsaturated/α-hetero) is 1. The fourth-order valence-corrected chi connectivity index (χ4v) is 2.02. The van der Waals surface area contributed by atoms with E-state index in [-0.39, 0.29) is 0 Å². The van der Waals surface area contributed by atoms with Crippen molar-refractivity contribution in [3.05, 3.63) is 59.8 Å². The molecule has 0 aliphatic carbocycles. The number of nitrogens with zero attached hydrogens (tertiary/aromatic N) is 1. The molecule has 0 bridgehead atoms. The number of methoxy groups -OCH3 is 1. The van der Waals surface area contributed by atoms with Gasteiger partial charge in [-0.2, -0.15) is 0 Å². The molecule has 3 heteroatoms. The first-order valence-electron chi connectivity index (χ1n) is 6.82. The molecule has 0 aliphatic heterocycles. The number of rotatable bonds is 7. The average molecular weight is 269 g/mol. The topological polar surface area (TPSA) is 39.2 Å². The second-order valence-electron chi connectivity index (χ2n) is 4.73. The molecular formula is C17H19NO2. The Morgan fingerprint density at radius 1 is 1.00 bits per heavy atom. The van der Waals surface area contributed by atoms with Gasteiger partial charge in [-0.1, -0.05) is 36.4 Å². The number of carbonyl (C=O) groups is 1. The number of ether oxygens (including phenoxy) is 1. The summed E-state index contributed by atoms with van der Waals surface area (Å²) >= 11 is 0. The third-order valence-electron chi connectivity index (χ3n) is 3.23. The molecule has 2 rings (SSSR count). The zero-order chi connectivity index (χ0) is 14.2. The Hall–Kier alpha value is -2.16. The van der Waals surface area contributed by atoms with Crippen LogP contribution in [0, 0.1) is 0 Å². The number of pyridine rings is 1. The van der Waals surface area contributed by atoms with Crippen molar-refractivity contribution in [2.45, 2.75) is 25.7 Å². The van der Waals surface area contributed by atoms with Crippen LogP contribution in [0.2, 0.25) is 0 Å². The summed E-state index contributed by atoms with van der Waals surface area (Å²) in [5.41, 5.74) is 2.28. The molecule has 0 aliphatic rings. The fourth-order valence-electron chi connectivity index (χ4n) is 2.02. The summed E-state index contributed by atoms with van der Waals surface area (Å²) in [4.78, 5) is 16.0. The van der Waals surface area contributed by atoms with Gasteiger partial charge in [-0.25, -0.2) is 4.98 Å². The Balaban J connectivity index is 1.74. The molecule has 0 amide bonds. The number of carbonyl (C=O) groups excluding carboxylic acids is 1. The van der Waals surface area contributed by atoms with E-state index in [1.165, 1.54) is 5.56 Å². The zero-order valence-electron chi connectivity index (χ0n) is 11.7. The largest absolute Gasteiger partial charge is 0.481 e. The minimum Gasteiger partial charge on any atom is -0.481 e. The van der Waals surface area contributed by atoms with Crippen LogP contribution in [0.15, 0.2) is 48.7 Å². The SMILES string of the molecule is COc1ccc(CCC(=O)CCc2ccccc2)cn1. The molecule has 1 heterocycles. The van der Waals surface area contributed by atoms with Gasteiger partial charge in [0.15, 0.2) is 0 Å². The van der Waals surface area contributed by atoms with E-state index in [2.05, 4.69) is 17.1 Å². The average Bonchev–Trinajstić information content (AvgIpc) is 2.52. The summed E-state index contributed by atoms with van der Waals surface area (Å²) < 4.78 is 5.00. The molecule has 0 fully saturated rings. The summed E-state index contributed by atoms with van der Waals surface area (Å²) in [6.07, 6.45) is 4.50. The van der Waals surface area contributed by atoms with E-state index in [0.717, 1.165) is 18.4 Å². The molecule has 0 spiro atoms. The van der Waals surface area contributed by atoms with E-state index in [1.807, 2.05) is 30.3 Å². The van der Waals surface area contributed by atoms with Crippen molar-refractivity contribution in [1.29, 1.82) is 0 Å². The third kappa shape index (κ3) is 4.50. The van der Waals surface area contributed by atoms with Crippen LogP contribution in [0.1, 0.15) is 24.0 Å². The Morgan fingerprint density at radius 2 is 1.70 bits per heavy atom. The van der Waals surface area contributed by atoms with Crippen LogP contribution in [0.25, 0.3) is 0 Å². The van der Waals surface area contributed by atoms with Gasteiger partial charge < -0.3 is 4.74 Å². The number of aryl methyl sites for hydroxylation is 2. The fraction of sp³-hybridized carbons (Fsp3) is 0.294. The predicted octanol–water partition coefficient (Wildman–Crippen LogP) is 3.22. The van der Waals surface area contributed by atoms with Gasteiger partial charge >= 0.3 is 0 Å². The highest BCUT2D eigenvalue weighted by atomic mass is 16.5. The van der Waals surface area contributed by atoms with Gasteiger partial charge in [0.25, 0.3) is 0 Å². The first kappa shape index (κ1) is 14.3. The van der Waals surface area contributed by atoms with E-state index in [0.29, 0.717) is 24.5 Å². The van der Waals surface area contributed by atoms with Crippen LogP contribution < -0.4 is 4.74 Å². The maximum absolute atomic E-state index is 11.9. The number of ketones is 1. The Kier molecular flexibility index (Phi) is 5.30. The van der Waals surface area contributed by atoms with Crippen LogP contribution in [0.4, 0.5) is 0 Å². The summed E-state index contributed by atoms with van der Waals surface area (Å²) in [7, 11) is 1.59. The highest BCUT2D eigenvalue weighted by Crippen LogP contribution is 2.10. The first-order chi connectivity index (χ1) is 9.78. The predicted molar refractivity (Wildman–Crippen MR) is 78.9 cm³/mol. The summed E-state index contributed by atoms with van der Waals surface area (Å²) in [6.45, 7) is 0. The second kappa shape index (κ2) is 7.43. The zero-order valence-corrected chi connectivity index (χ0v) is 11.7. The van der Waals surface area contributed by atoms with Crippen LogP contribution in [0.3, 0.4) is 0 Å². The van der Waals surface area contributed by atoms with Crippen LogP contribution in [0.5, 0.6) is 5.88 Å². The highest BCUT2D eigenvalue weighted by molar-refractivity contribution is 5.78. The quantitative estimate of drug-likeness (QED) is 0.774. The molecule has 2 aromatic rings. The van der Waals surface area contributed by atoms with E-state index >= 15 is 0 Å². The minimum absolute atomic E-state index is 0.296. The molecule has 20 heavy (non-hydrogen) atoms. The van der Waals surface area contributed by atoms with E-state index in [9.17, 15) is 4.79 Å². The molecule has 0 saturated heterocycles. The number of hydrogen-bond donors (Lipinski definition) is 0. The number of aromatic nitrogens is 1. The standard InChI is InChI=1S/C17H19NO2/c1-20-17-12-9-15(13-18-17)8-11-16(19)10-7-14-5-3-2-4-6-14/h2-6,9,12-13H,7-8,10-11H2,1H3. The Bertz CT molecular complexity index is 535. The lowest BCUT2D eigenvalue weighted by Gasteiger charge is -2.03. The van der Waals surface area contributed by atoms with Gasteiger partial charge in [0.1, 0.15) is 5.78 Å². The lowest BCUT2D eigenvalue weighted by Crippen LogP contribution is -2.02. The smallest absolute Gasteiger partial charge is 0.212 e. The normalized spacial score (nSPS) is 10.2. The maximum atomic E-state index is 11.9. The third-order valence-corrected chi connectivity index (χ3v) is 3.23. The lowest BCUT2D eigenvalue weighted by molar-refractivity contribution is -0.119. The number of hydrogen-bond acceptors (Lipinski definition) is 3. The molecule has 0 saturated carbocycles. The molecule has 1 aromatic carbocycles. The van der Waals surface area contributed by atoms with Gasteiger partial charge in [-0.05, 0) is 24.0 Å². The van der Waals surface area contributed by atoms with Gasteiger partial charge in [0, 0.05) is 25.1 Å². The van der Waals surface area contributed by atoms with Gasteiger partial charge in [0.2, 0.25) is 5.88 Å². The Labute approximate surface area is 119 Å². The van der Waals surface area contributed by atoms with Crippen molar-refractivity contribution in [3.8, 4) is 5.88 Å². The van der Waals surface area contributed by atoms with Crippen LogP contribution >= 0.6 is 0 Å². The van der Waals surface area contributed by atoms with Crippen molar-refractivity contribution >= 4 is 5.78 Å². The van der Waals surface area contributed by atoms with E-state index in [1.54, 1.807) is 13.3 Å². The number of benzene rings is 1. The van der Waals surface area contributed by atoms with Gasteiger partial charge in [0.05, 0.1) is 7.11 Å². The van der Waals surface area contributed by atoms with Crippen molar-refractivity contribution in [2.75, 3.05) is 7.11 Å². The maximum Gasteiger partial charge on any atom is 0.212 e. The molecule has 0 unspecified atom stereocenters. The molecular weight excluding hydrogens is 250 g/mol. The summed E-state index contributed by atoms with van der Waals surface area (Å²) in [5.74, 6) is 0.897. The highest BCUT2D eigenvalue weighted by Gasteiger charge is 2.04. The Morgan fingerprint density at radius 3 is 2.30 bits per heavy atom. The molecule has 0 N–H and O–H groups in total. The lowest BCUT2D eigenvalue weighted by atomic mass is 10.0. The second-order valence-corrected chi connectivity index (χ2v) is 4.73. The molecule has 0 radical (unpaired) electrons. The first-order valence-corrected chi connectivity index (χ1v) is 6.82. The monoisotopic (exact) mass is 269 g/mol. The summed E-state index contributed by atoms with van der Waals surface area (Å²) in [6, 6.07) is 13.9. The van der Waals surface area contributed by atoms with Gasteiger partial charge in [-0.3, -0.25) is 4.79 Å². The molecule has 0 atom stereocenters. The summed E-state index contributed by atoms with van der Waals surface area (Å²) in [5, 5.41) is 0. The van der Waals surface area contributed by atoms with Gasteiger partial charge in [-0.15, -0.1) is 0 Å². The van der Waals surface area contributed by atoms with Crippen molar-refractivity contribution in [2.24, 2.45) is 0 Å². The minimum atomic E-state index is 0.296. The van der Waals surface area contributed by atoms with Crippen LogP contribution in [-0.4, -0.2) is 17.9 Å². The van der Waals surface area contributed by atoms with Crippen molar-refractivity contribution in [3.63, 3.8) is 0 Å². The van der Waals surface area contributed by atoms with Crippen molar-refractivity contribution in [1.82, 2.24) is 4.98 Å². The van der Waals surface area contributed by atoms with Crippen molar-refractivity contribution < 1.29 is 9.53 Å².